The Morgan fingerprint density at radius 3 is 1.48 bits per heavy atom. The Bertz CT molecular complexity index is 4180. The van der Waals surface area contributed by atoms with Crippen LogP contribution in [0, 0.1) is 0 Å². The minimum Gasteiger partial charge on any atom is -0.309 e. The molecule has 0 N–H and O–H groups in total. The van der Waals surface area contributed by atoms with Gasteiger partial charge >= 0.3 is 0 Å². The summed E-state index contributed by atoms with van der Waals surface area (Å²) in [5.41, 5.74) is 7.41. The number of thiophene rings is 1. The lowest BCUT2D eigenvalue weighted by molar-refractivity contribution is 0.954. The summed E-state index contributed by atoms with van der Waals surface area (Å²) in [7, 11) is 0. The number of fused-ring (bicyclic) bond motifs is 16. The number of hydrogen-bond donors (Lipinski definition) is 0. The highest BCUT2D eigenvalue weighted by Crippen LogP contribution is 2.44. The Balaban J connectivity index is 1.04. The molecule has 0 bridgehead atoms. The predicted molar refractivity (Wildman–Crippen MR) is 265 cm³/mol. The summed E-state index contributed by atoms with van der Waals surface area (Å²) in [5, 5.41) is 14.8. The molecule has 0 aliphatic rings. The smallest absolute Gasteiger partial charge is 0.238 e. The van der Waals surface area contributed by atoms with E-state index in [1.165, 1.54) is 68.6 Å². The molecule has 5 nitrogen and oxygen atoms in total. The van der Waals surface area contributed by atoms with Crippen LogP contribution in [0.1, 0.15) is 0 Å². The molecule has 0 aliphatic heterocycles. The molecule has 0 aliphatic carbocycles. The third-order valence-corrected chi connectivity index (χ3v) is 14.1. The van der Waals surface area contributed by atoms with Gasteiger partial charge in [-0.3, -0.25) is 4.57 Å². The molecule has 10 aromatic carbocycles. The van der Waals surface area contributed by atoms with Crippen molar-refractivity contribution in [2.75, 3.05) is 0 Å². The Kier molecular flexibility index (Phi) is 7.21. The topological polar surface area (TPSA) is 48.5 Å². The molecule has 4 aromatic heterocycles. The second-order valence-electron chi connectivity index (χ2n) is 16.3. The Morgan fingerprint density at radius 2 is 0.794 bits per heavy atom. The third-order valence-electron chi connectivity index (χ3n) is 13.0. The highest BCUT2D eigenvalue weighted by Gasteiger charge is 2.23. The summed E-state index contributed by atoms with van der Waals surface area (Å²) in [6.45, 7) is 0. The van der Waals surface area contributed by atoms with E-state index in [-0.39, 0.29) is 0 Å². The summed E-state index contributed by atoms with van der Waals surface area (Å²) in [4.78, 5) is 15.8. The summed E-state index contributed by atoms with van der Waals surface area (Å²) < 4.78 is 7.16. The van der Waals surface area contributed by atoms with E-state index >= 15 is 0 Å². The molecule has 4 heterocycles. The molecular weight excluding hydrogens is 787 g/mol. The molecule has 14 rings (SSSR count). The number of hydrogen-bond acceptors (Lipinski definition) is 4. The van der Waals surface area contributed by atoms with Gasteiger partial charge in [0, 0.05) is 58.5 Å². The number of nitrogens with zero attached hydrogens (tertiary/aromatic N) is 5. The molecule has 0 amide bonds. The first-order valence-corrected chi connectivity index (χ1v) is 22.1. The van der Waals surface area contributed by atoms with Crippen LogP contribution in [0.25, 0.3) is 131 Å². The highest BCUT2D eigenvalue weighted by molar-refractivity contribution is 7.25. The molecule has 292 valence electrons. The second-order valence-corrected chi connectivity index (χ2v) is 17.4. The zero-order valence-corrected chi connectivity index (χ0v) is 34.5. The Labute approximate surface area is 364 Å². The Morgan fingerprint density at radius 1 is 0.302 bits per heavy atom. The Hall–Kier alpha value is -8.19. The maximum atomic E-state index is 5.34. The second kappa shape index (κ2) is 13.2. The van der Waals surface area contributed by atoms with E-state index in [0.717, 1.165) is 44.3 Å². The SMILES string of the molecule is c1ccc(-c2nc(-c3ccc4c(c3)sc3ccccc34)nc(-n3c4ccccc4c4c5c6ccccc6n(-c6ccc7c8ccccc8c8ccccc8c7c6)c5ccc43)n2)cc1. The van der Waals surface area contributed by atoms with E-state index in [0.29, 0.717) is 17.6 Å². The van der Waals surface area contributed by atoms with Crippen LogP contribution in [0.3, 0.4) is 0 Å². The molecule has 63 heavy (non-hydrogen) atoms. The fourth-order valence-corrected chi connectivity index (χ4v) is 11.4. The zero-order chi connectivity index (χ0) is 41.2. The van der Waals surface area contributed by atoms with Crippen LogP contribution in [0.5, 0.6) is 0 Å². The number of benzene rings is 10. The summed E-state index contributed by atoms with van der Waals surface area (Å²) >= 11 is 1.80. The van der Waals surface area contributed by atoms with E-state index in [4.69, 9.17) is 15.0 Å². The fraction of sp³-hybridized carbons (Fsp3) is 0. The van der Waals surface area contributed by atoms with E-state index in [2.05, 4.69) is 191 Å². The molecular formula is C57H33N5S. The van der Waals surface area contributed by atoms with Crippen molar-refractivity contribution in [1.82, 2.24) is 24.1 Å². The van der Waals surface area contributed by atoms with Crippen LogP contribution < -0.4 is 0 Å². The van der Waals surface area contributed by atoms with Crippen LogP contribution in [-0.4, -0.2) is 24.1 Å². The largest absolute Gasteiger partial charge is 0.309 e. The summed E-state index contributed by atoms with van der Waals surface area (Å²) in [6, 6.07) is 72.0. The third kappa shape index (κ3) is 5.01. The number of para-hydroxylation sites is 2. The maximum Gasteiger partial charge on any atom is 0.238 e. The normalized spacial score (nSPS) is 12.1. The van der Waals surface area contributed by atoms with Crippen molar-refractivity contribution in [3.05, 3.63) is 200 Å². The first-order chi connectivity index (χ1) is 31.2. The van der Waals surface area contributed by atoms with Crippen molar-refractivity contribution in [3.63, 3.8) is 0 Å². The molecule has 0 spiro atoms. The molecule has 0 fully saturated rings. The maximum absolute atomic E-state index is 5.34. The van der Waals surface area contributed by atoms with Gasteiger partial charge in [-0.2, -0.15) is 9.97 Å². The lowest BCUT2D eigenvalue weighted by Crippen LogP contribution is -2.06. The molecule has 6 heteroatoms. The monoisotopic (exact) mass is 819 g/mol. The van der Waals surface area contributed by atoms with E-state index in [9.17, 15) is 0 Å². The fourth-order valence-electron chi connectivity index (χ4n) is 10.2. The molecule has 0 unspecified atom stereocenters. The van der Waals surface area contributed by atoms with Gasteiger partial charge in [0.1, 0.15) is 0 Å². The highest BCUT2D eigenvalue weighted by atomic mass is 32.1. The van der Waals surface area contributed by atoms with E-state index in [1.54, 1.807) is 11.3 Å². The number of rotatable bonds is 4. The molecule has 0 saturated heterocycles. The van der Waals surface area contributed by atoms with Crippen molar-refractivity contribution >= 4 is 107 Å². The minimum atomic E-state index is 0.582. The van der Waals surface area contributed by atoms with E-state index < -0.39 is 0 Å². The van der Waals surface area contributed by atoms with Gasteiger partial charge in [-0.25, -0.2) is 4.98 Å². The molecule has 0 atom stereocenters. The van der Waals surface area contributed by atoms with Gasteiger partial charge in [0.25, 0.3) is 0 Å². The van der Waals surface area contributed by atoms with Crippen LogP contribution in [0.15, 0.2) is 200 Å². The van der Waals surface area contributed by atoms with Crippen molar-refractivity contribution < 1.29 is 0 Å². The first kappa shape index (κ1) is 34.5. The van der Waals surface area contributed by atoms with Crippen LogP contribution in [0.2, 0.25) is 0 Å². The van der Waals surface area contributed by atoms with Crippen molar-refractivity contribution in [3.8, 4) is 34.4 Å². The van der Waals surface area contributed by atoms with Gasteiger partial charge in [-0.1, -0.05) is 152 Å². The van der Waals surface area contributed by atoms with Crippen LogP contribution in [-0.2, 0) is 0 Å². The average molecular weight is 820 g/mol. The van der Waals surface area contributed by atoms with Gasteiger partial charge in [-0.05, 0) is 80.8 Å². The quantitative estimate of drug-likeness (QED) is 0.166. The van der Waals surface area contributed by atoms with Gasteiger partial charge in [-0.15, -0.1) is 11.3 Å². The number of aromatic nitrogens is 5. The molecule has 0 radical (unpaired) electrons. The van der Waals surface area contributed by atoms with Gasteiger partial charge in [0.05, 0.1) is 22.1 Å². The summed E-state index contributed by atoms with van der Waals surface area (Å²) in [6.07, 6.45) is 0. The first-order valence-electron chi connectivity index (χ1n) is 21.3. The van der Waals surface area contributed by atoms with Gasteiger partial charge < -0.3 is 4.57 Å². The average Bonchev–Trinajstić information content (AvgIpc) is 4.01. The standard InChI is InChI=1S/C57H33N5S/c1-2-14-34(15-3-1)55-58-56(35-26-28-43-42-20-10-13-25-51(42)63-52(43)32-35)60-57(59-55)62-48-24-12-9-22-45(48)54-50(62)31-30-49-53(54)44-21-8-11-23-47(44)61(49)36-27-29-41-39-18-5-4-16-37(39)38-17-6-7-19-40(38)46(41)33-36/h1-33H. The van der Waals surface area contributed by atoms with Crippen LogP contribution >= 0.6 is 11.3 Å². The van der Waals surface area contributed by atoms with Crippen molar-refractivity contribution in [2.24, 2.45) is 0 Å². The lowest BCUT2D eigenvalue weighted by Gasteiger charge is -2.14. The van der Waals surface area contributed by atoms with Crippen molar-refractivity contribution in [2.45, 2.75) is 0 Å². The van der Waals surface area contributed by atoms with Crippen LogP contribution in [0.4, 0.5) is 0 Å². The minimum absolute atomic E-state index is 0.582. The van der Waals surface area contributed by atoms with Gasteiger partial charge in [0.15, 0.2) is 11.6 Å². The summed E-state index contributed by atoms with van der Waals surface area (Å²) in [5.74, 6) is 1.85. The predicted octanol–water partition coefficient (Wildman–Crippen LogP) is 15.2. The lowest BCUT2D eigenvalue weighted by atomic mass is 9.94. The van der Waals surface area contributed by atoms with E-state index in [1.807, 2.05) is 18.2 Å². The zero-order valence-electron chi connectivity index (χ0n) is 33.7. The van der Waals surface area contributed by atoms with Gasteiger partial charge in [0.2, 0.25) is 5.95 Å². The molecule has 14 aromatic rings. The molecule has 0 saturated carbocycles. The van der Waals surface area contributed by atoms with Crippen molar-refractivity contribution in [1.29, 1.82) is 0 Å².